The molecule has 0 spiro atoms. The molecule has 1 N–H and O–H groups in total. The lowest BCUT2D eigenvalue weighted by atomic mass is 9.90. The van der Waals surface area contributed by atoms with Gasteiger partial charge in [-0.15, -0.1) is 0 Å². The van der Waals surface area contributed by atoms with Gasteiger partial charge >= 0.3 is 0 Å². The molecule has 90 valence electrons. The first-order valence-corrected chi connectivity index (χ1v) is 6.50. The van der Waals surface area contributed by atoms with Crippen LogP contribution in [-0.4, -0.2) is 7.85 Å². The van der Waals surface area contributed by atoms with E-state index in [1.54, 1.807) is 19.1 Å². The molecule has 0 aromatic heterocycles. The zero-order valence-electron chi connectivity index (χ0n) is 9.71. The number of halogens is 2. The van der Waals surface area contributed by atoms with E-state index in [0.717, 1.165) is 4.90 Å². The average Bonchev–Trinajstić information content (AvgIpc) is 2.35. The molecule has 1 nitrogen and oxygen atoms in total. The van der Waals surface area contributed by atoms with Crippen molar-refractivity contribution in [3.8, 4) is 0 Å². The molecule has 0 aliphatic carbocycles. The van der Waals surface area contributed by atoms with Gasteiger partial charge in [-0.05, 0) is 43.1 Å². The molecule has 0 amide bonds. The van der Waals surface area contributed by atoms with E-state index in [4.69, 9.17) is 19.4 Å². The Morgan fingerprint density at radius 2 is 2.00 bits per heavy atom. The van der Waals surface area contributed by atoms with Crippen LogP contribution in [0.3, 0.4) is 0 Å². The van der Waals surface area contributed by atoms with Gasteiger partial charge in [-0.25, -0.2) is 4.39 Å². The minimum absolute atomic E-state index is 0.184. The van der Waals surface area contributed by atoms with E-state index in [-0.39, 0.29) is 5.46 Å². The maximum atomic E-state index is 13.4. The van der Waals surface area contributed by atoms with E-state index in [9.17, 15) is 4.39 Å². The molecule has 0 saturated carbocycles. The third-order valence-electron chi connectivity index (χ3n) is 2.45. The molecule has 0 bridgehead atoms. The number of anilines is 1. The second kappa shape index (κ2) is 5.68. The maximum absolute atomic E-state index is 13.4. The standard InChI is InChI=1S/C13H10BClFNS/c1-8-6-9(7-11(16)13(8)14)17-18-12-5-3-2-4-10(12)15/h2-7,17H,1H3. The summed E-state index contributed by atoms with van der Waals surface area (Å²) < 4.78 is 16.5. The van der Waals surface area contributed by atoms with Crippen LogP contribution in [0.15, 0.2) is 41.3 Å². The van der Waals surface area contributed by atoms with Crippen molar-refractivity contribution in [2.75, 3.05) is 4.72 Å². The van der Waals surface area contributed by atoms with E-state index in [1.165, 1.54) is 18.0 Å². The van der Waals surface area contributed by atoms with Gasteiger partial charge in [0.1, 0.15) is 13.7 Å². The zero-order valence-corrected chi connectivity index (χ0v) is 11.3. The third kappa shape index (κ3) is 3.00. The van der Waals surface area contributed by atoms with Crippen molar-refractivity contribution in [2.45, 2.75) is 11.8 Å². The van der Waals surface area contributed by atoms with Gasteiger partial charge in [-0.1, -0.05) is 34.8 Å². The predicted molar refractivity (Wildman–Crippen MR) is 77.5 cm³/mol. The van der Waals surface area contributed by atoms with Crippen molar-refractivity contribution in [2.24, 2.45) is 0 Å². The second-order valence-corrected chi connectivity index (χ2v) is 5.08. The summed E-state index contributed by atoms with van der Waals surface area (Å²) in [6, 6.07) is 10.6. The van der Waals surface area contributed by atoms with Crippen LogP contribution < -0.4 is 10.2 Å². The zero-order chi connectivity index (χ0) is 13.1. The highest BCUT2D eigenvalue weighted by atomic mass is 35.5. The average molecular weight is 278 g/mol. The highest BCUT2D eigenvalue weighted by Crippen LogP contribution is 2.28. The number of rotatable bonds is 3. The van der Waals surface area contributed by atoms with Crippen LogP contribution >= 0.6 is 23.5 Å². The fraction of sp³-hybridized carbons (Fsp3) is 0.0769. The molecule has 0 atom stereocenters. The van der Waals surface area contributed by atoms with Crippen LogP contribution in [0.5, 0.6) is 0 Å². The molecular formula is C13H10BClFNS. The lowest BCUT2D eigenvalue weighted by molar-refractivity contribution is 0.636. The number of benzene rings is 2. The largest absolute Gasteiger partial charge is 0.325 e. The Morgan fingerprint density at radius 1 is 1.28 bits per heavy atom. The van der Waals surface area contributed by atoms with Gasteiger partial charge in [0.2, 0.25) is 0 Å². The van der Waals surface area contributed by atoms with Gasteiger partial charge in [-0.3, -0.25) is 0 Å². The molecule has 0 aliphatic rings. The van der Waals surface area contributed by atoms with Gasteiger partial charge in [0, 0.05) is 10.6 Å². The first kappa shape index (κ1) is 13.3. The minimum atomic E-state index is -0.419. The SMILES string of the molecule is [B]c1c(C)cc(NSc2ccccc2Cl)cc1F. The lowest BCUT2D eigenvalue weighted by Gasteiger charge is -2.10. The Kier molecular flexibility index (Phi) is 4.20. The van der Waals surface area contributed by atoms with Gasteiger partial charge in [-0.2, -0.15) is 0 Å². The van der Waals surface area contributed by atoms with Crippen molar-refractivity contribution < 1.29 is 4.39 Å². The van der Waals surface area contributed by atoms with Crippen molar-refractivity contribution in [3.05, 3.63) is 52.8 Å². The summed E-state index contributed by atoms with van der Waals surface area (Å²) in [5.74, 6) is -0.419. The summed E-state index contributed by atoms with van der Waals surface area (Å²) in [7, 11) is 5.55. The smallest absolute Gasteiger partial charge is 0.118 e. The maximum Gasteiger partial charge on any atom is 0.118 e. The van der Waals surface area contributed by atoms with E-state index in [1.807, 2.05) is 18.2 Å². The molecule has 18 heavy (non-hydrogen) atoms. The number of nitrogens with one attached hydrogen (secondary N) is 1. The van der Waals surface area contributed by atoms with Crippen LogP contribution in [0.25, 0.3) is 0 Å². The summed E-state index contributed by atoms with van der Waals surface area (Å²) in [6.07, 6.45) is 0. The summed E-state index contributed by atoms with van der Waals surface area (Å²) in [5.41, 5.74) is 1.55. The molecule has 0 heterocycles. The topological polar surface area (TPSA) is 12.0 Å². The Bertz CT molecular complexity index is 554. The van der Waals surface area contributed by atoms with E-state index >= 15 is 0 Å². The molecule has 2 aromatic carbocycles. The molecule has 2 aromatic rings. The van der Waals surface area contributed by atoms with Crippen LogP contribution in [0.4, 0.5) is 10.1 Å². The van der Waals surface area contributed by atoms with E-state index in [0.29, 0.717) is 16.3 Å². The molecular weight excluding hydrogens is 267 g/mol. The molecule has 0 fully saturated rings. The Morgan fingerprint density at radius 3 is 2.67 bits per heavy atom. The molecule has 2 radical (unpaired) electrons. The van der Waals surface area contributed by atoms with Crippen molar-refractivity contribution in [3.63, 3.8) is 0 Å². The first-order chi connectivity index (χ1) is 8.58. The minimum Gasteiger partial charge on any atom is -0.325 e. The summed E-state index contributed by atoms with van der Waals surface area (Å²) in [4.78, 5) is 0.883. The summed E-state index contributed by atoms with van der Waals surface area (Å²) in [5, 5.41) is 0.655. The van der Waals surface area contributed by atoms with Gasteiger partial charge in [0.15, 0.2) is 0 Å². The fourth-order valence-electron chi connectivity index (χ4n) is 1.46. The molecule has 0 aliphatic heterocycles. The van der Waals surface area contributed by atoms with Crippen LogP contribution in [0, 0.1) is 12.7 Å². The quantitative estimate of drug-likeness (QED) is 0.678. The van der Waals surface area contributed by atoms with Crippen molar-refractivity contribution in [1.29, 1.82) is 0 Å². The molecule has 0 unspecified atom stereocenters. The summed E-state index contributed by atoms with van der Waals surface area (Å²) >= 11 is 7.36. The van der Waals surface area contributed by atoms with Crippen molar-refractivity contribution >= 4 is 42.5 Å². The van der Waals surface area contributed by atoms with Gasteiger partial charge < -0.3 is 4.72 Å². The summed E-state index contributed by atoms with van der Waals surface area (Å²) in [6.45, 7) is 1.77. The lowest BCUT2D eigenvalue weighted by Crippen LogP contribution is -2.12. The Hall–Kier alpha value is -1.13. The van der Waals surface area contributed by atoms with E-state index in [2.05, 4.69) is 4.72 Å². The van der Waals surface area contributed by atoms with Gasteiger partial charge in [0.25, 0.3) is 0 Å². The Balaban J connectivity index is 2.14. The number of hydrogen-bond donors (Lipinski definition) is 1. The third-order valence-corrected chi connectivity index (χ3v) is 3.81. The highest BCUT2D eigenvalue weighted by Gasteiger charge is 2.05. The first-order valence-electron chi connectivity index (χ1n) is 5.31. The normalized spacial score (nSPS) is 10.4. The fourth-order valence-corrected chi connectivity index (χ4v) is 2.36. The van der Waals surface area contributed by atoms with Crippen LogP contribution in [-0.2, 0) is 0 Å². The molecule has 2 rings (SSSR count). The van der Waals surface area contributed by atoms with Crippen LogP contribution in [0.1, 0.15) is 5.56 Å². The predicted octanol–water partition coefficient (Wildman–Crippen LogP) is 3.70. The van der Waals surface area contributed by atoms with Crippen LogP contribution in [0.2, 0.25) is 5.02 Å². The Labute approximate surface area is 116 Å². The number of hydrogen-bond acceptors (Lipinski definition) is 2. The monoisotopic (exact) mass is 277 g/mol. The molecule has 0 saturated heterocycles. The highest BCUT2D eigenvalue weighted by molar-refractivity contribution is 8.00. The van der Waals surface area contributed by atoms with Gasteiger partial charge in [0.05, 0.1) is 5.02 Å². The second-order valence-electron chi connectivity index (χ2n) is 3.82. The number of aryl methyl sites for hydroxylation is 1. The van der Waals surface area contributed by atoms with Crippen molar-refractivity contribution in [1.82, 2.24) is 0 Å². The molecule has 5 heteroatoms. The van der Waals surface area contributed by atoms with E-state index < -0.39 is 5.82 Å².